The van der Waals surface area contributed by atoms with Gasteiger partial charge in [0.05, 0.1) is 6.61 Å². The van der Waals surface area contributed by atoms with Gasteiger partial charge in [0.1, 0.15) is 0 Å². The molecule has 1 heterocycles. The Morgan fingerprint density at radius 1 is 1.10 bits per heavy atom. The van der Waals surface area contributed by atoms with Gasteiger partial charge in [-0.1, -0.05) is 37.6 Å². The van der Waals surface area contributed by atoms with Crippen LogP contribution in [0.3, 0.4) is 0 Å². The van der Waals surface area contributed by atoms with Crippen LogP contribution in [0.5, 0.6) is 17.2 Å². The van der Waals surface area contributed by atoms with Gasteiger partial charge in [-0.25, -0.2) is 4.39 Å². The monoisotopic (exact) mass is 418 g/mol. The Labute approximate surface area is 176 Å². The molecular formula is C25H29F3O2. The predicted molar refractivity (Wildman–Crippen MR) is 113 cm³/mol. The maximum absolute atomic E-state index is 15.1. The lowest BCUT2D eigenvalue weighted by Crippen LogP contribution is -2.11. The fourth-order valence-electron chi connectivity index (χ4n) is 3.59. The van der Waals surface area contributed by atoms with Crippen molar-refractivity contribution in [1.82, 2.24) is 0 Å². The molecule has 30 heavy (non-hydrogen) atoms. The van der Waals surface area contributed by atoms with Crippen LogP contribution in [-0.2, 0) is 12.8 Å². The molecule has 0 aromatic heterocycles. The minimum Gasteiger partial charge on any atom is -0.491 e. The number of rotatable bonds is 8. The smallest absolute Gasteiger partial charge is 0.205 e. The number of fused-ring (bicyclic) bond motifs is 2. The molecule has 2 aromatic rings. The first-order chi connectivity index (χ1) is 14.3. The van der Waals surface area contributed by atoms with E-state index in [2.05, 4.69) is 26.8 Å². The quantitative estimate of drug-likeness (QED) is 0.352. The molecule has 1 aliphatic rings. The summed E-state index contributed by atoms with van der Waals surface area (Å²) >= 11 is 0. The molecule has 0 bridgehead atoms. The van der Waals surface area contributed by atoms with Gasteiger partial charge in [-0.3, -0.25) is 0 Å². The summed E-state index contributed by atoms with van der Waals surface area (Å²) < 4.78 is 54.6. The molecule has 0 aliphatic carbocycles. The largest absolute Gasteiger partial charge is 0.491 e. The number of allylic oxidation sites excluding steroid dienone is 2. The number of ether oxygens (including phenoxy) is 2. The van der Waals surface area contributed by atoms with Gasteiger partial charge in [0.2, 0.25) is 11.6 Å². The Balaban J connectivity index is 1.79. The Bertz CT molecular complexity index is 950. The van der Waals surface area contributed by atoms with E-state index in [0.29, 0.717) is 29.0 Å². The third-order valence-corrected chi connectivity index (χ3v) is 5.68. The van der Waals surface area contributed by atoms with Crippen LogP contribution >= 0.6 is 0 Å². The first-order valence-electron chi connectivity index (χ1n) is 10.6. The van der Waals surface area contributed by atoms with E-state index in [1.807, 2.05) is 6.07 Å². The van der Waals surface area contributed by atoms with Gasteiger partial charge in [0, 0.05) is 17.5 Å². The van der Waals surface area contributed by atoms with Crippen molar-refractivity contribution in [2.24, 2.45) is 5.92 Å². The van der Waals surface area contributed by atoms with Crippen molar-refractivity contribution in [3.05, 3.63) is 64.0 Å². The summed E-state index contributed by atoms with van der Waals surface area (Å²) in [5, 5.41) is 0. The standard InChI is InChI=1S/C25H29F3O2/c1-5-15(3)7-8-16(4)9-10-17-11-12-18-13-19-14-20(29-6-2)22(27)23(28)25(19)30-24(18)21(17)26/h7,11-12,14,16H,5-6,8-10,13H2,1-4H3/b15-7+. The topological polar surface area (TPSA) is 18.5 Å². The summed E-state index contributed by atoms with van der Waals surface area (Å²) in [6.45, 7) is 8.31. The molecule has 0 amide bonds. The van der Waals surface area contributed by atoms with Gasteiger partial charge in [-0.15, -0.1) is 0 Å². The maximum atomic E-state index is 15.1. The SMILES string of the molecule is CCOc1cc2c(c(F)c1F)Oc1c(ccc(CCC(C)C/C=C(\C)CC)c1F)C2. The van der Waals surface area contributed by atoms with Crippen molar-refractivity contribution in [1.29, 1.82) is 0 Å². The second kappa shape index (κ2) is 9.59. The zero-order valence-corrected chi connectivity index (χ0v) is 18.1. The molecule has 0 N–H and O–H groups in total. The molecule has 3 rings (SSSR count). The van der Waals surface area contributed by atoms with E-state index in [0.717, 1.165) is 19.3 Å². The lowest BCUT2D eigenvalue weighted by molar-refractivity contribution is 0.306. The van der Waals surface area contributed by atoms with Crippen molar-refractivity contribution in [3.63, 3.8) is 0 Å². The summed E-state index contributed by atoms with van der Waals surface area (Å²) in [4.78, 5) is 0. The summed E-state index contributed by atoms with van der Waals surface area (Å²) in [6.07, 6.45) is 5.89. The van der Waals surface area contributed by atoms with E-state index in [9.17, 15) is 8.78 Å². The van der Waals surface area contributed by atoms with Crippen LogP contribution in [0.4, 0.5) is 13.2 Å². The van der Waals surface area contributed by atoms with Crippen LogP contribution in [0.15, 0.2) is 29.8 Å². The molecule has 1 atom stereocenters. The van der Waals surface area contributed by atoms with E-state index < -0.39 is 17.5 Å². The van der Waals surface area contributed by atoms with Gasteiger partial charge in [-0.05, 0) is 57.1 Å². The summed E-state index contributed by atoms with van der Waals surface area (Å²) in [7, 11) is 0. The van der Waals surface area contributed by atoms with Crippen LogP contribution < -0.4 is 9.47 Å². The molecule has 0 saturated heterocycles. The van der Waals surface area contributed by atoms with Crippen LogP contribution in [0, 0.1) is 23.4 Å². The van der Waals surface area contributed by atoms with Crippen LogP contribution in [-0.4, -0.2) is 6.61 Å². The normalized spacial score (nSPS) is 14.0. The maximum Gasteiger partial charge on any atom is 0.205 e. The Kier molecular flexibility index (Phi) is 7.11. The zero-order valence-electron chi connectivity index (χ0n) is 18.1. The van der Waals surface area contributed by atoms with Crippen molar-refractivity contribution >= 4 is 0 Å². The average Bonchev–Trinajstić information content (AvgIpc) is 2.74. The van der Waals surface area contributed by atoms with E-state index in [1.165, 1.54) is 11.6 Å². The molecule has 0 fully saturated rings. The summed E-state index contributed by atoms with van der Waals surface area (Å²) in [5.41, 5.74) is 2.96. The van der Waals surface area contributed by atoms with Crippen molar-refractivity contribution in [2.75, 3.05) is 6.61 Å². The Hall–Kier alpha value is -2.43. The number of halogens is 3. The van der Waals surface area contributed by atoms with Gasteiger partial charge >= 0.3 is 0 Å². The van der Waals surface area contributed by atoms with Crippen LogP contribution in [0.2, 0.25) is 0 Å². The molecule has 5 heteroatoms. The fraction of sp³-hybridized carbons (Fsp3) is 0.440. The lowest BCUT2D eigenvalue weighted by Gasteiger charge is -2.23. The Morgan fingerprint density at radius 2 is 1.83 bits per heavy atom. The number of hydrogen-bond donors (Lipinski definition) is 0. The molecule has 0 radical (unpaired) electrons. The summed E-state index contributed by atoms with van der Waals surface area (Å²) in [6, 6.07) is 5.01. The van der Waals surface area contributed by atoms with Crippen LogP contribution in [0.1, 0.15) is 63.6 Å². The zero-order chi connectivity index (χ0) is 21.8. The highest BCUT2D eigenvalue weighted by atomic mass is 19.2. The lowest BCUT2D eigenvalue weighted by atomic mass is 9.94. The molecule has 0 saturated carbocycles. The number of benzene rings is 2. The fourth-order valence-corrected chi connectivity index (χ4v) is 3.59. The average molecular weight is 418 g/mol. The molecule has 1 unspecified atom stereocenters. The van der Waals surface area contributed by atoms with Gasteiger partial charge in [-0.2, -0.15) is 8.78 Å². The van der Waals surface area contributed by atoms with Crippen LogP contribution in [0.25, 0.3) is 0 Å². The Morgan fingerprint density at radius 3 is 2.53 bits per heavy atom. The molecular weight excluding hydrogens is 389 g/mol. The van der Waals surface area contributed by atoms with Gasteiger partial charge in [0.25, 0.3) is 0 Å². The molecule has 2 aromatic carbocycles. The summed E-state index contributed by atoms with van der Waals surface area (Å²) in [5.74, 6) is -2.73. The van der Waals surface area contributed by atoms with E-state index in [1.54, 1.807) is 13.0 Å². The van der Waals surface area contributed by atoms with Crippen molar-refractivity contribution in [3.8, 4) is 17.2 Å². The van der Waals surface area contributed by atoms with E-state index in [-0.39, 0.29) is 30.3 Å². The minimum atomic E-state index is -1.14. The highest BCUT2D eigenvalue weighted by Gasteiger charge is 2.28. The van der Waals surface area contributed by atoms with Crippen molar-refractivity contribution in [2.45, 2.75) is 59.8 Å². The third kappa shape index (κ3) is 4.66. The second-order valence-electron chi connectivity index (χ2n) is 8.01. The molecule has 162 valence electrons. The van der Waals surface area contributed by atoms with E-state index >= 15 is 4.39 Å². The number of aryl methyl sites for hydroxylation is 1. The van der Waals surface area contributed by atoms with Gasteiger partial charge < -0.3 is 9.47 Å². The van der Waals surface area contributed by atoms with Gasteiger partial charge in [0.15, 0.2) is 23.1 Å². The molecule has 0 spiro atoms. The molecule has 2 nitrogen and oxygen atoms in total. The predicted octanol–water partition coefficient (Wildman–Crippen LogP) is 7.51. The highest BCUT2D eigenvalue weighted by Crippen LogP contribution is 2.43. The number of hydrogen-bond acceptors (Lipinski definition) is 2. The molecule has 1 aliphatic heterocycles. The minimum absolute atomic E-state index is 0.00293. The second-order valence-corrected chi connectivity index (χ2v) is 8.01. The van der Waals surface area contributed by atoms with Crippen molar-refractivity contribution < 1.29 is 22.6 Å². The third-order valence-electron chi connectivity index (χ3n) is 5.68. The highest BCUT2D eigenvalue weighted by molar-refractivity contribution is 5.54. The first-order valence-corrected chi connectivity index (χ1v) is 10.6. The first kappa shape index (κ1) is 22.3. The van der Waals surface area contributed by atoms with E-state index in [4.69, 9.17) is 9.47 Å².